The molecule has 170 valence electrons. The van der Waals surface area contributed by atoms with E-state index in [1.165, 1.54) is 6.08 Å². The van der Waals surface area contributed by atoms with Crippen LogP contribution >= 0.6 is 0 Å². The van der Waals surface area contributed by atoms with Crippen molar-refractivity contribution in [1.29, 1.82) is 0 Å². The monoisotopic (exact) mass is 432 g/mol. The Hall–Kier alpha value is -2.75. The van der Waals surface area contributed by atoms with E-state index in [1.54, 1.807) is 7.05 Å². The molecule has 1 aliphatic carbocycles. The molecule has 1 aromatic rings. The average Bonchev–Trinajstić information content (AvgIpc) is 2.71. The highest BCUT2D eigenvalue weighted by Gasteiger charge is 2.35. The third kappa shape index (κ3) is 6.61. The number of aliphatic hydroxyl groups is 2. The zero-order chi connectivity index (χ0) is 23.1. The molecule has 0 spiro atoms. The third-order valence-electron chi connectivity index (χ3n) is 5.36. The molecule has 1 aliphatic rings. The minimum absolute atomic E-state index is 0.00304. The van der Waals surface area contributed by atoms with E-state index in [2.05, 4.69) is 16.0 Å². The topological polar surface area (TPSA) is 154 Å². The van der Waals surface area contributed by atoms with Gasteiger partial charge >= 0.3 is 0 Å². The Morgan fingerprint density at radius 2 is 1.81 bits per heavy atom. The fraction of sp³-hybridized carbons (Fsp3) is 0.500. The summed E-state index contributed by atoms with van der Waals surface area (Å²) >= 11 is 0. The van der Waals surface area contributed by atoms with Crippen molar-refractivity contribution in [3.05, 3.63) is 47.5 Å². The first kappa shape index (κ1) is 24.5. The fourth-order valence-electron chi connectivity index (χ4n) is 3.61. The van der Waals surface area contributed by atoms with E-state index in [0.29, 0.717) is 0 Å². The molecule has 9 nitrogen and oxygen atoms in total. The first-order valence-corrected chi connectivity index (χ1v) is 10.3. The second-order valence-corrected chi connectivity index (χ2v) is 8.12. The Morgan fingerprint density at radius 3 is 2.35 bits per heavy atom. The second-order valence-electron chi connectivity index (χ2n) is 8.12. The van der Waals surface area contributed by atoms with Crippen molar-refractivity contribution in [2.75, 3.05) is 7.05 Å². The van der Waals surface area contributed by atoms with Crippen LogP contribution in [0.25, 0.3) is 0 Å². The Morgan fingerprint density at radius 1 is 1.16 bits per heavy atom. The van der Waals surface area contributed by atoms with Crippen molar-refractivity contribution in [3.8, 4) is 0 Å². The van der Waals surface area contributed by atoms with Crippen molar-refractivity contribution in [2.45, 2.75) is 57.0 Å². The van der Waals surface area contributed by atoms with Gasteiger partial charge in [0.05, 0.1) is 18.2 Å². The summed E-state index contributed by atoms with van der Waals surface area (Å²) in [4.78, 5) is 37.2. The van der Waals surface area contributed by atoms with E-state index in [4.69, 9.17) is 5.73 Å². The van der Waals surface area contributed by atoms with Crippen LogP contribution in [-0.4, -0.2) is 65.3 Å². The highest BCUT2D eigenvalue weighted by Crippen LogP contribution is 2.20. The number of hydrogen-bond acceptors (Lipinski definition) is 6. The zero-order valence-corrected chi connectivity index (χ0v) is 18.0. The Bertz CT molecular complexity index is 811. The van der Waals surface area contributed by atoms with Crippen molar-refractivity contribution >= 4 is 17.7 Å². The van der Waals surface area contributed by atoms with Gasteiger partial charge in [-0.2, -0.15) is 0 Å². The lowest BCUT2D eigenvalue weighted by Crippen LogP contribution is -2.56. The van der Waals surface area contributed by atoms with Gasteiger partial charge in [0.1, 0.15) is 12.1 Å². The number of benzene rings is 1. The first-order valence-electron chi connectivity index (χ1n) is 10.3. The maximum atomic E-state index is 12.8. The summed E-state index contributed by atoms with van der Waals surface area (Å²) in [6.07, 6.45) is -0.988. The lowest BCUT2D eigenvalue weighted by Gasteiger charge is -2.32. The zero-order valence-electron chi connectivity index (χ0n) is 18.0. The molecule has 5 atom stereocenters. The normalized spacial score (nSPS) is 22.9. The van der Waals surface area contributed by atoms with E-state index in [1.807, 2.05) is 44.2 Å². The van der Waals surface area contributed by atoms with Crippen LogP contribution < -0.4 is 21.7 Å². The fourth-order valence-corrected chi connectivity index (χ4v) is 3.61. The minimum Gasteiger partial charge on any atom is -0.390 e. The van der Waals surface area contributed by atoms with Gasteiger partial charge in [-0.1, -0.05) is 50.3 Å². The summed E-state index contributed by atoms with van der Waals surface area (Å²) < 4.78 is 0. The van der Waals surface area contributed by atoms with Crippen molar-refractivity contribution in [1.82, 2.24) is 16.0 Å². The van der Waals surface area contributed by atoms with Crippen LogP contribution in [0.1, 0.15) is 25.8 Å². The van der Waals surface area contributed by atoms with Crippen molar-refractivity contribution in [2.24, 2.45) is 11.7 Å². The molecule has 2 rings (SSSR count). The van der Waals surface area contributed by atoms with Gasteiger partial charge < -0.3 is 31.9 Å². The molecule has 0 aliphatic heterocycles. The van der Waals surface area contributed by atoms with Crippen LogP contribution in [0.3, 0.4) is 0 Å². The van der Waals surface area contributed by atoms with Gasteiger partial charge in [0.2, 0.25) is 17.7 Å². The Balaban J connectivity index is 2.14. The van der Waals surface area contributed by atoms with E-state index in [9.17, 15) is 24.6 Å². The molecule has 7 N–H and O–H groups in total. The number of carbonyl (C=O) groups is 3. The standard InChI is InChI=1S/C22H32N4O5/c1-12(2)18(24-3)22(31)25-15-10-14(11-17(27)19(15)28)21(30)26-16(20(23)29)9-13-7-5-4-6-8-13/h4-8,10,12,15-19,24,27-28H,9,11H2,1-3H3,(H2,23,29)(H,25,31)(H,26,30)/t15-,16-,17-,18+,19-/m1/s1. The molecule has 0 bridgehead atoms. The summed E-state index contributed by atoms with van der Waals surface area (Å²) in [7, 11) is 1.65. The number of nitrogens with one attached hydrogen (secondary N) is 3. The predicted octanol–water partition coefficient (Wildman–Crippen LogP) is -1.02. The lowest BCUT2D eigenvalue weighted by molar-refractivity contribution is -0.127. The minimum atomic E-state index is -1.26. The summed E-state index contributed by atoms with van der Waals surface area (Å²) in [5.74, 6) is -1.63. The van der Waals surface area contributed by atoms with E-state index >= 15 is 0 Å². The summed E-state index contributed by atoms with van der Waals surface area (Å²) in [6, 6.07) is 6.73. The third-order valence-corrected chi connectivity index (χ3v) is 5.36. The van der Waals surface area contributed by atoms with Gasteiger partial charge in [-0.25, -0.2) is 0 Å². The van der Waals surface area contributed by atoms with E-state index < -0.39 is 42.1 Å². The highest BCUT2D eigenvalue weighted by atomic mass is 16.3. The summed E-state index contributed by atoms with van der Waals surface area (Å²) in [5.41, 5.74) is 6.45. The van der Waals surface area contributed by atoms with Crippen LogP contribution in [0.5, 0.6) is 0 Å². The molecule has 0 saturated heterocycles. The largest absolute Gasteiger partial charge is 0.390 e. The molecule has 0 fully saturated rings. The molecule has 0 saturated carbocycles. The number of likely N-dealkylation sites (N-methyl/N-ethyl adjacent to an activating group) is 1. The number of amides is 3. The molecule has 31 heavy (non-hydrogen) atoms. The molecule has 0 heterocycles. The number of carbonyl (C=O) groups excluding carboxylic acids is 3. The molecule has 9 heteroatoms. The number of aliphatic hydroxyl groups excluding tert-OH is 2. The molecule has 3 amide bonds. The maximum Gasteiger partial charge on any atom is 0.247 e. The van der Waals surface area contributed by atoms with Crippen molar-refractivity contribution in [3.63, 3.8) is 0 Å². The van der Waals surface area contributed by atoms with Gasteiger partial charge in [-0.05, 0) is 18.5 Å². The molecular weight excluding hydrogens is 400 g/mol. The summed E-state index contributed by atoms with van der Waals surface area (Å²) in [6.45, 7) is 3.75. The molecule has 1 aromatic carbocycles. The van der Waals surface area contributed by atoms with E-state index in [0.717, 1.165) is 5.56 Å². The number of nitrogens with two attached hydrogens (primary N) is 1. The number of primary amides is 1. The van der Waals surface area contributed by atoms with E-state index in [-0.39, 0.29) is 30.2 Å². The van der Waals surface area contributed by atoms with Gasteiger partial charge in [0.25, 0.3) is 0 Å². The van der Waals surface area contributed by atoms with Gasteiger partial charge in [-0.15, -0.1) is 0 Å². The molecular formula is C22H32N4O5. The molecule has 0 aromatic heterocycles. The lowest BCUT2D eigenvalue weighted by atomic mass is 9.89. The second kappa shape index (κ2) is 11.0. The maximum absolute atomic E-state index is 12.8. The van der Waals surface area contributed by atoms with Gasteiger partial charge in [0, 0.05) is 18.4 Å². The van der Waals surface area contributed by atoms with Gasteiger partial charge in [0.15, 0.2) is 0 Å². The highest BCUT2D eigenvalue weighted by molar-refractivity contribution is 5.97. The predicted molar refractivity (Wildman–Crippen MR) is 116 cm³/mol. The number of rotatable bonds is 9. The van der Waals surface area contributed by atoms with Gasteiger partial charge in [-0.3, -0.25) is 14.4 Å². The van der Waals surface area contributed by atoms with Crippen LogP contribution in [0.4, 0.5) is 0 Å². The van der Waals surface area contributed by atoms with Crippen LogP contribution in [0.15, 0.2) is 42.0 Å². The Labute approximate surface area is 182 Å². The number of hydrogen-bond donors (Lipinski definition) is 6. The van der Waals surface area contributed by atoms with Crippen LogP contribution in [0, 0.1) is 5.92 Å². The SMILES string of the molecule is CN[C@H](C(=O)N[C@@H]1C=C(C(=O)N[C@H](Cc2ccccc2)C(N)=O)C[C@@H](O)[C@@H]1O)C(C)C. The van der Waals surface area contributed by atoms with Crippen LogP contribution in [-0.2, 0) is 20.8 Å². The van der Waals surface area contributed by atoms with Crippen LogP contribution in [0.2, 0.25) is 0 Å². The summed E-state index contributed by atoms with van der Waals surface area (Å²) in [5, 5.41) is 28.7. The Kier molecular flexibility index (Phi) is 8.73. The smallest absolute Gasteiger partial charge is 0.247 e. The quantitative estimate of drug-likeness (QED) is 0.294. The average molecular weight is 433 g/mol. The molecule has 0 unspecified atom stereocenters. The van der Waals surface area contributed by atoms with Crippen molar-refractivity contribution < 1.29 is 24.6 Å². The molecule has 0 radical (unpaired) electrons. The first-order chi connectivity index (χ1) is 14.6.